The number of nitrogens with zero attached hydrogens (tertiary/aromatic N) is 3. The number of hydrogen-bond donors (Lipinski definition) is 1. The number of rotatable bonds is 8. The van der Waals surface area contributed by atoms with Crippen molar-refractivity contribution in [3.63, 3.8) is 0 Å². The zero-order chi connectivity index (χ0) is 28.1. The summed E-state index contributed by atoms with van der Waals surface area (Å²) in [7, 11) is 1.48. The summed E-state index contributed by atoms with van der Waals surface area (Å²) in [5, 5.41) is 7.43. The summed E-state index contributed by atoms with van der Waals surface area (Å²) in [5.74, 6) is 0.0498. The van der Waals surface area contributed by atoms with Crippen LogP contribution in [0.25, 0.3) is 22.3 Å². The zero-order valence-electron chi connectivity index (χ0n) is 21.2. The first kappa shape index (κ1) is 27.0. The van der Waals surface area contributed by atoms with Gasteiger partial charge in [0, 0.05) is 5.56 Å². The van der Waals surface area contributed by atoms with Crippen LogP contribution in [-0.2, 0) is 4.79 Å². The molecule has 1 amide bonds. The molecule has 0 atom stereocenters. The van der Waals surface area contributed by atoms with E-state index >= 15 is 0 Å². The van der Waals surface area contributed by atoms with E-state index in [0.29, 0.717) is 37.4 Å². The van der Waals surface area contributed by atoms with Gasteiger partial charge in [-0.3, -0.25) is 9.59 Å². The van der Waals surface area contributed by atoms with Crippen molar-refractivity contribution in [2.45, 2.75) is 0 Å². The fraction of sp³-hybridized carbons (Fsp3) is 0.0667. The van der Waals surface area contributed by atoms with Crippen LogP contribution in [-0.4, -0.2) is 35.5 Å². The van der Waals surface area contributed by atoms with Crippen LogP contribution in [0.3, 0.4) is 0 Å². The highest BCUT2D eigenvalue weighted by molar-refractivity contribution is 14.1. The van der Waals surface area contributed by atoms with Crippen LogP contribution >= 0.6 is 22.6 Å². The van der Waals surface area contributed by atoms with Gasteiger partial charge in [-0.05, 0) is 64.6 Å². The summed E-state index contributed by atoms with van der Waals surface area (Å²) in [6, 6.07) is 25.8. The van der Waals surface area contributed by atoms with Gasteiger partial charge in [0.1, 0.15) is 5.82 Å². The SMILES string of the molecule is COc1cc(C=Nn2c(-c3ccccc3)nc3ccccc3c2=O)cc(I)c1OCC(=O)Nc1ccccc1F. The smallest absolute Gasteiger partial charge is 0.282 e. The molecule has 0 aliphatic rings. The monoisotopic (exact) mass is 648 g/mol. The van der Waals surface area contributed by atoms with Crippen LogP contribution in [0.4, 0.5) is 10.1 Å². The lowest BCUT2D eigenvalue weighted by Gasteiger charge is -2.14. The third-order valence-electron chi connectivity index (χ3n) is 5.86. The minimum absolute atomic E-state index is 0.0672. The number of anilines is 1. The Morgan fingerprint density at radius 2 is 1.77 bits per heavy atom. The molecule has 0 spiro atoms. The minimum atomic E-state index is -0.539. The highest BCUT2D eigenvalue weighted by Gasteiger charge is 2.15. The van der Waals surface area contributed by atoms with Crippen LogP contribution < -0.4 is 20.3 Å². The quantitative estimate of drug-likeness (QED) is 0.172. The number of methoxy groups -OCH3 is 1. The molecule has 0 radical (unpaired) electrons. The number of carbonyl (C=O) groups is 1. The first-order valence-electron chi connectivity index (χ1n) is 12.1. The van der Waals surface area contributed by atoms with Gasteiger partial charge >= 0.3 is 0 Å². The normalized spacial score (nSPS) is 11.1. The first-order chi connectivity index (χ1) is 19.4. The molecule has 5 rings (SSSR count). The molecule has 0 bridgehead atoms. The van der Waals surface area contributed by atoms with E-state index in [2.05, 4.69) is 33.0 Å². The van der Waals surface area contributed by atoms with E-state index in [1.807, 2.05) is 36.4 Å². The maximum Gasteiger partial charge on any atom is 0.282 e. The molecule has 4 aromatic carbocycles. The highest BCUT2D eigenvalue weighted by atomic mass is 127. The topological polar surface area (TPSA) is 94.8 Å². The van der Waals surface area contributed by atoms with E-state index in [1.54, 1.807) is 36.4 Å². The van der Waals surface area contributed by atoms with Crippen molar-refractivity contribution >= 4 is 51.3 Å². The second-order valence-corrected chi connectivity index (χ2v) is 9.69. The highest BCUT2D eigenvalue weighted by Crippen LogP contribution is 2.33. The van der Waals surface area contributed by atoms with Gasteiger partial charge in [-0.25, -0.2) is 9.37 Å². The Kier molecular flexibility index (Phi) is 8.15. The first-order valence-corrected chi connectivity index (χ1v) is 13.2. The summed E-state index contributed by atoms with van der Waals surface area (Å²) in [5.41, 5.74) is 1.71. The Morgan fingerprint density at radius 3 is 2.55 bits per heavy atom. The molecule has 0 fully saturated rings. The van der Waals surface area contributed by atoms with Crippen LogP contribution in [0.15, 0.2) is 101 Å². The molecular weight excluding hydrogens is 626 g/mol. The maximum absolute atomic E-state index is 13.8. The Labute approximate surface area is 242 Å². The summed E-state index contributed by atoms with van der Waals surface area (Å²) in [6.45, 7) is -0.354. The van der Waals surface area contributed by atoms with E-state index in [9.17, 15) is 14.0 Å². The van der Waals surface area contributed by atoms with E-state index in [-0.39, 0.29) is 17.9 Å². The second-order valence-electron chi connectivity index (χ2n) is 8.53. The van der Waals surface area contributed by atoms with Crippen LogP contribution in [0, 0.1) is 9.39 Å². The molecule has 1 N–H and O–H groups in total. The maximum atomic E-state index is 13.8. The van der Waals surface area contributed by atoms with Crippen molar-refractivity contribution in [1.29, 1.82) is 0 Å². The van der Waals surface area contributed by atoms with E-state index in [1.165, 1.54) is 36.2 Å². The number of ether oxygens (including phenoxy) is 2. The predicted molar refractivity (Wildman–Crippen MR) is 161 cm³/mol. The van der Waals surface area contributed by atoms with Gasteiger partial charge in [0.15, 0.2) is 23.9 Å². The van der Waals surface area contributed by atoms with E-state index in [0.717, 1.165) is 5.56 Å². The van der Waals surface area contributed by atoms with Gasteiger partial charge in [0.05, 0.1) is 33.5 Å². The molecule has 0 aliphatic carbocycles. The molecule has 8 nitrogen and oxygen atoms in total. The van der Waals surface area contributed by atoms with Crippen molar-refractivity contribution in [1.82, 2.24) is 9.66 Å². The third kappa shape index (κ3) is 5.86. The Bertz CT molecular complexity index is 1790. The van der Waals surface area contributed by atoms with Crippen molar-refractivity contribution in [2.24, 2.45) is 5.10 Å². The number of nitrogens with one attached hydrogen (secondary N) is 1. The van der Waals surface area contributed by atoms with Crippen molar-refractivity contribution in [3.8, 4) is 22.9 Å². The lowest BCUT2D eigenvalue weighted by atomic mass is 10.2. The Balaban J connectivity index is 1.43. The average Bonchev–Trinajstić information content (AvgIpc) is 2.97. The summed E-state index contributed by atoms with van der Waals surface area (Å²) in [4.78, 5) is 30.4. The zero-order valence-corrected chi connectivity index (χ0v) is 23.3. The molecule has 1 heterocycles. The number of hydrogen-bond acceptors (Lipinski definition) is 6. The van der Waals surface area contributed by atoms with Crippen LogP contribution in [0.1, 0.15) is 5.56 Å². The van der Waals surface area contributed by atoms with Crippen LogP contribution in [0.2, 0.25) is 0 Å². The van der Waals surface area contributed by atoms with E-state index in [4.69, 9.17) is 14.5 Å². The number of benzene rings is 4. The molecule has 40 heavy (non-hydrogen) atoms. The molecule has 1 aromatic heterocycles. The Morgan fingerprint density at radius 1 is 1.05 bits per heavy atom. The Hall–Kier alpha value is -4.58. The molecular formula is C30H22FIN4O4. The third-order valence-corrected chi connectivity index (χ3v) is 6.66. The van der Waals surface area contributed by atoms with Gasteiger partial charge in [0.25, 0.3) is 11.5 Å². The van der Waals surface area contributed by atoms with E-state index < -0.39 is 11.7 Å². The van der Waals surface area contributed by atoms with Gasteiger partial charge in [-0.2, -0.15) is 9.78 Å². The summed E-state index contributed by atoms with van der Waals surface area (Å²) < 4.78 is 27.0. The number of amides is 1. The number of para-hydroxylation sites is 2. The number of fused-ring (bicyclic) bond motifs is 1. The molecule has 5 aromatic rings. The lowest BCUT2D eigenvalue weighted by Crippen LogP contribution is -2.21. The minimum Gasteiger partial charge on any atom is -0.493 e. The van der Waals surface area contributed by atoms with Crippen molar-refractivity contribution in [2.75, 3.05) is 19.0 Å². The van der Waals surface area contributed by atoms with Gasteiger partial charge < -0.3 is 14.8 Å². The van der Waals surface area contributed by atoms with Gasteiger partial charge in [0.2, 0.25) is 0 Å². The molecule has 0 saturated heterocycles. The van der Waals surface area contributed by atoms with Crippen molar-refractivity contribution in [3.05, 3.63) is 116 Å². The average molecular weight is 648 g/mol. The molecule has 200 valence electrons. The van der Waals surface area contributed by atoms with Crippen molar-refractivity contribution < 1.29 is 18.7 Å². The summed E-state index contributed by atoms with van der Waals surface area (Å²) >= 11 is 2.06. The van der Waals surface area contributed by atoms with Crippen LogP contribution in [0.5, 0.6) is 11.5 Å². The molecule has 0 unspecified atom stereocenters. The fourth-order valence-corrected chi connectivity index (χ4v) is 4.75. The predicted octanol–water partition coefficient (Wildman–Crippen LogP) is 5.72. The second kappa shape index (κ2) is 12.1. The fourth-order valence-electron chi connectivity index (χ4n) is 3.97. The molecule has 0 saturated carbocycles. The number of carbonyl (C=O) groups excluding carboxylic acids is 1. The standard InChI is InChI=1S/C30H22FIN4O4/c1-39-26-16-19(15-23(32)28(26)40-18-27(37)34-25-14-8-6-12-22(25)31)17-33-36-29(20-9-3-2-4-10-20)35-24-13-7-5-11-21(24)30(36)38/h2-17H,18H2,1H3,(H,34,37). The molecule has 10 heteroatoms. The number of halogens is 2. The number of aromatic nitrogens is 2. The van der Waals surface area contributed by atoms with Gasteiger partial charge in [-0.15, -0.1) is 0 Å². The molecule has 0 aliphatic heterocycles. The lowest BCUT2D eigenvalue weighted by molar-refractivity contribution is -0.118. The summed E-state index contributed by atoms with van der Waals surface area (Å²) in [6.07, 6.45) is 1.53. The van der Waals surface area contributed by atoms with Gasteiger partial charge in [-0.1, -0.05) is 54.6 Å². The largest absolute Gasteiger partial charge is 0.493 e.